The number of carboxylic acids is 1. The highest BCUT2D eigenvalue weighted by molar-refractivity contribution is 6.00. The largest absolute Gasteiger partial charge is 0.478 e. The van der Waals surface area contributed by atoms with E-state index in [2.05, 4.69) is 0 Å². The minimum absolute atomic E-state index is 0.0143. The number of aliphatic carboxylic acids is 1. The molecule has 4 aliphatic heterocycles. The first-order valence-corrected chi connectivity index (χ1v) is 9.72. The predicted molar refractivity (Wildman–Crippen MR) is 97.5 cm³/mol. The summed E-state index contributed by atoms with van der Waals surface area (Å²) in [6.07, 6.45) is -3.92. The van der Waals surface area contributed by atoms with E-state index in [9.17, 15) is 27.9 Å². The number of ether oxygens (including phenoxy) is 2. The average Bonchev–Trinajstić information content (AvgIpc) is 3.24. The zero-order chi connectivity index (χ0) is 22.3. The van der Waals surface area contributed by atoms with Crippen LogP contribution < -0.4 is 4.90 Å². The van der Waals surface area contributed by atoms with E-state index in [1.165, 1.54) is 17.0 Å². The Morgan fingerprint density at radius 1 is 1.42 bits per heavy atom. The second-order valence-electron chi connectivity index (χ2n) is 8.55. The number of anilines is 1. The molecule has 0 aromatic heterocycles. The Hall–Kier alpha value is -2.90. The second-order valence-corrected chi connectivity index (χ2v) is 8.55. The summed E-state index contributed by atoms with van der Waals surface area (Å²) in [6, 6.07) is 4.67. The highest BCUT2D eigenvalue weighted by Crippen LogP contribution is 2.67. The predicted octanol–water partition coefficient (Wildman–Crippen LogP) is 2.84. The van der Waals surface area contributed by atoms with Crippen LogP contribution in [0.3, 0.4) is 0 Å². The summed E-state index contributed by atoms with van der Waals surface area (Å²) in [5.74, 6) is -2.75. The van der Waals surface area contributed by atoms with Crippen LogP contribution in [-0.4, -0.2) is 41.0 Å². The maximum absolute atomic E-state index is 13.5. The van der Waals surface area contributed by atoms with Gasteiger partial charge in [-0.1, -0.05) is 0 Å². The summed E-state index contributed by atoms with van der Waals surface area (Å²) in [4.78, 5) is 26.0. The van der Waals surface area contributed by atoms with Crippen LogP contribution in [0.4, 0.5) is 18.9 Å². The monoisotopic (exact) mass is 434 g/mol. The molecule has 5 rings (SSSR count). The molecule has 0 aliphatic carbocycles. The number of amides is 1. The zero-order valence-electron chi connectivity index (χ0n) is 16.3. The minimum Gasteiger partial charge on any atom is -0.478 e. The molecule has 4 heterocycles. The summed E-state index contributed by atoms with van der Waals surface area (Å²) in [5.41, 5.74) is -3.07. The molecule has 0 radical (unpaired) electrons. The van der Waals surface area contributed by atoms with Gasteiger partial charge in [-0.15, -0.1) is 0 Å². The van der Waals surface area contributed by atoms with Crippen LogP contribution in [-0.2, 0) is 25.2 Å². The number of nitrogens with zero attached hydrogens (tertiary/aromatic N) is 2. The van der Waals surface area contributed by atoms with Crippen LogP contribution in [0.2, 0.25) is 0 Å². The number of benzene rings is 1. The summed E-state index contributed by atoms with van der Waals surface area (Å²) in [7, 11) is 0. The van der Waals surface area contributed by atoms with Crippen molar-refractivity contribution in [1.82, 2.24) is 0 Å². The maximum Gasteiger partial charge on any atom is 0.417 e. The molecule has 2 bridgehead atoms. The normalized spacial score (nSPS) is 37.3. The molecular formula is C21H17F3N2O5. The summed E-state index contributed by atoms with van der Waals surface area (Å²) >= 11 is 0. The van der Waals surface area contributed by atoms with Crippen molar-refractivity contribution in [2.24, 2.45) is 11.8 Å². The van der Waals surface area contributed by atoms with Crippen LogP contribution in [0.15, 0.2) is 29.8 Å². The van der Waals surface area contributed by atoms with Crippen molar-refractivity contribution >= 4 is 17.6 Å². The van der Waals surface area contributed by atoms with Crippen molar-refractivity contribution in [3.63, 3.8) is 0 Å². The molecular weight excluding hydrogens is 417 g/mol. The van der Waals surface area contributed by atoms with E-state index in [-0.39, 0.29) is 18.7 Å². The fourth-order valence-electron chi connectivity index (χ4n) is 5.89. The Labute approximate surface area is 174 Å². The molecule has 4 aliphatic rings. The molecule has 31 heavy (non-hydrogen) atoms. The molecule has 162 valence electrons. The second kappa shape index (κ2) is 6.08. The molecule has 1 aromatic rings. The molecule has 5 atom stereocenters. The third-order valence-electron chi connectivity index (χ3n) is 6.89. The Balaban J connectivity index is 1.63. The third kappa shape index (κ3) is 2.53. The maximum atomic E-state index is 13.5. The van der Waals surface area contributed by atoms with Gasteiger partial charge in [0.05, 0.1) is 41.2 Å². The van der Waals surface area contributed by atoms with Crippen molar-refractivity contribution in [1.29, 1.82) is 5.26 Å². The number of nitriles is 1. The number of carbonyl (C=O) groups excluding carboxylic acids is 1. The van der Waals surface area contributed by atoms with Gasteiger partial charge in [-0.3, -0.25) is 9.69 Å². The standard InChI is InChI=1S/C21H17F3N2O5/c1-19-8-11(6-14(27)28)20(31-19)4-5-30-18-16(20)15(19)17(29)26(18)12-3-2-10(9-25)13(7-12)21(22,23)24/h2-3,6-7,15-16,18H,4-5,8H2,1H3,(H,27,28)/t15-,16+,18+,19-,20+/m1/s1. The average molecular weight is 434 g/mol. The molecule has 1 N–H and O–H groups in total. The SMILES string of the molecule is C[C@@]12CC(=CC(=O)O)[C@]3(CCO[C@H]4[C@@H]3[C@@H]1C(=O)N4c1ccc(C#N)c(C(F)(F)F)c1)O2. The lowest BCUT2D eigenvalue weighted by Gasteiger charge is -2.42. The van der Waals surface area contributed by atoms with Gasteiger partial charge in [-0.25, -0.2) is 4.79 Å². The van der Waals surface area contributed by atoms with Gasteiger partial charge in [-0.05, 0) is 30.7 Å². The van der Waals surface area contributed by atoms with Crippen molar-refractivity contribution in [3.05, 3.63) is 41.0 Å². The molecule has 4 fully saturated rings. The fraction of sp³-hybridized carbons (Fsp3) is 0.476. The van der Waals surface area contributed by atoms with E-state index in [1.807, 2.05) is 0 Å². The fourth-order valence-corrected chi connectivity index (χ4v) is 5.89. The van der Waals surface area contributed by atoms with Gasteiger partial charge in [-0.2, -0.15) is 18.4 Å². The minimum atomic E-state index is -4.76. The number of alkyl halides is 3. The highest BCUT2D eigenvalue weighted by Gasteiger charge is 2.76. The zero-order valence-corrected chi connectivity index (χ0v) is 16.3. The lowest BCUT2D eigenvalue weighted by atomic mass is 9.64. The summed E-state index contributed by atoms with van der Waals surface area (Å²) < 4.78 is 52.6. The van der Waals surface area contributed by atoms with E-state index >= 15 is 0 Å². The number of hydrogen-bond donors (Lipinski definition) is 1. The number of fused-ring (bicyclic) bond motifs is 2. The Bertz CT molecular complexity index is 1090. The van der Waals surface area contributed by atoms with Gasteiger partial charge in [0.1, 0.15) is 11.8 Å². The number of hydrogen-bond acceptors (Lipinski definition) is 5. The molecule has 1 amide bonds. The van der Waals surface area contributed by atoms with Crippen LogP contribution in [0, 0.1) is 23.2 Å². The van der Waals surface area contributed by atoms with Crippen molar-refractivity contribution in [3.8, 4) is 6.07 Å². The Kier molecular flexibility index (Phi) is 3.93. The molecule has 0 unspecified atom stereocenters. The summed E-state index contributed by atoms with van der Waals surface area (Å²) in [5, 5.41) is 18.3. The van der Waals surface area contributed by atoms with Crippen molar-refractivity contribution in [2.75, 3.05) is 11.5 Å². The van der Waals surface area contributed by atoms with Gasteiger partial charge in [0.25, 0.3) is 0 Å². The molecule has 0 saturated carbocycles. The van der Waals surface area contributed by atoms with Crippen LogP contribution >= 0.6 is 0 Å². The first-order chi connectivity index (χ1) is 14.5. The topological polar surface area (TPSA) is 99.9 Å². The molecule has 1 aromatic carbocycles. The highest BCUT2D eigenvalue weighted by atomic mass is 19.4. The Morgan fingerprint density at radius 2 is 2.16 bits per heavy atom. The van der Waals surface area contributed by atoms with E-state index in [1.54, 1.807) is 6.92 Å². The Morgan fingerprint density at radius 3 is 2.81 bits per heavy atom. The smallest absolute Gasteiger partial charge is 0.417 e. The lowest BCUT2D eigenvalue weighted by molar-refractivity contribution is -0.138. The van der Waals surface area contributed by atoms with Gasteiger partial charge in [0, 0.05) is 24.6 Å². The third-order valence-corrected chi connectivity index (χ3v) is 6.89. The quantitative estimate of drug-likeness (QED) is 0.719. The van der Waals surface area contributed by atoms with Gasteiger partial charge in [0.15, 0.2) is 0 Å². The molecule has 1 spiro atoms. The van der Waals surface area contributed by atoms with Crippen LogP contribution in [0.25, 0.3) is 0 Å². The number of carbonyl (C=O) groups is 2. The van der Waals surface area contributed by atoms with Crippen LogP contribution in [0.1, 0.15) is 30.9 Å². The first-order valence-electron chi connectivity index (χ1n) is 9.72. The lowest BCUT2D eigenvalue weighted by Crippen LogP contribution is -2.52. The van der Waals surface area contributed by atoms with Crippen LogP contribution in [0.5, 0.6) is 0 Å². The molecule has 10 heteroatoms. The first kappa shape index (κ1) is 20.0. The summed E-state index contributed by atoms with van der Waals surface area (Å²) in [6.45, 7) is 1.89. The van der Waals surface area contributed by atoms with E-state index in [0.717, 1.165) is 18.2 Å². The van der Waals surface area contributed by atoms with E-state index in [0.29, 0.717) is 12.0 Å². The van der Waals surface area contributed by atoms with Gasteiger partial charge >= 0.3 is 12.1 Å². The van der Waals surface area contributed by atoms with E-state index < -0.39 is 58.4 Å². The van der Waals surface area contributed by atoms with Crippen molar-refractivity contribution in [2.45, 2.75) is 43.4 Å². The number of carboxylic acid groups (broad SMARTS) is 1. The molecule has 4 saturated heterocycles. The number of rotatable bonds is 2. The number of halogens is 3. The molecule has 7 nitrogen and oxygen atoms in total. The van der Waals surface area contributed by atoms with E-state index in [4.69, 9.17) is 14.7 Å². The van der Waals surface area contributed by atoms with Gasteiger partial charge < -0.3 is 14.6 Å². The van der Waals surface area contributed by atoms with Crippen molar-refractivity contribution < 1.29 is 37.3 Å². The van der Waals surface area contributed by atoms with Gasteiger partial charge in [0.2, 0.25) is 5.91 Å².